The van der Waals surface area contributed by atoms with Crippen LogP contribution < -0.4 is 22.4 Å². The fraction of sp³-hybridized carbons (Fsp3) is 0.526. The zero-order chi connectivity index (χ0) is 20.5. The highest BCUT2D eigenvalue weighted by molar-refractivity contribution is 5.91. The van der Waals surface area contributed by atoms with Crippen LogP contribution in [0.25, 0.3) is 0 Å². The zero-order valence-corrected chi connectivity index (χ0v) is 16.4. The van der Waals surface area contributed by atoms with E-state index in [1.807, 2.05) is 30.3 Å². The van der Waals surface area contributed by atoms with E-state index in [1.165, 1.54) is 0 Å². The number of hydrazone groups is 1. The van der Waals surface area contributed by atoms with Gasteiger partial charge in [-0.15, -0.1) is 5.10 Å². The van der Waals surface area contributed by atoms with Gasteiger partial charge in [0.25, 0.3) is 0 Å². The number of amides is 2. The summed E-state index contributed by atoms with van der Waals surface area (Å²) in [5.74, 6) is 4.72. The van der Waals surface area contributed by atoms with Gasteiger partial charge in [-0.2, -0.15) is 0 Å². The number of carbonyl (C=O) groups excluding carboxylic acids is 2. The van der Waals surface area contributed by atoms with Gasteiger partial charge in [-0.3, -0.25) is 9.59 Å². The predicted octanol–water partition coefficient (Wildman–Crippen LogP) is -0.279. The van der Waals surface area contributed by atoms with Gasteiger partial charge in [-0.1, -0.05) is 37.3 Å². The van der Waals surface area contributed by atoms with Gasteiger partial charge < -0.3 is 20.7 Å². The molecule has 1 aliphatic rings. The zero-order valence-electron chi connectivity index (χ0n) is 16.4. The maximum atomic E-state index is 12.9. The van der Waals surface area contributed by atoms with Crippen molar-refractivity contribution in [3.63, 3.8) is 0 Å². The van der Waals surface area contributed by atoms with Crippen LogP contribution in [-0.4, -0.2) is 54.9 Å². The number of ether oxygens (including phenoxy) is 1. The van der Waals surface area contributed by atoms with Crippen LogP contribution in [-0.2, 0) is 20.7 Å². The third-order valence-corrected chi connectivity index (χ3v) is 5.19. The third kappa shape index (κ3) is 5.43. The average Bonchev–Trinajstić information content (AvgIpc) is 3.17. The summed E-state index contributed by atoms with van der Waals surface area (Å²) >= 11 is 0. The van der Waals surface area contributed by atoms with Crippen molar-refractivity contribution >= 4 is 18.2 Å². The summed E-state index contributed by atoms with van der Waals surface area (Å²) in [5, 5.41) is 6.77. The molecule has 2 rings (SSSR count). The van der Waals surface area contributed by atoms with Gasteiger partial charge in [0.2, 0.25) is 12.3 Å². The average molecular weight is 390 g/mol. The number of hydrogen-bond acceptors (Lipinski definition) is 6. The van der Waals surface area contributed by atoms with Crippen molar-refractivity contribution in [3.05, 3.63) is 35.9 Å². The van der Waals surface area contributed by atoms with Crippen LogP contribution in [0.15, 0.2) is 35.4 Å². The number of hydrazine groups is 1. The van der Waals surface area contributed by atoms with Crippen molar-refractivity contribution in [1.82, 2.24) is 15.8 Å². The molecule has 1 aliphatic heterocycles. The molecule has 2 amide bonds. The van der Waals surface area contributed by atoms with E-state index in [0.29, 0.717) is 13.0 Å². The molecule has 9 nitrogen and oxygen atoms in total. The summed E-state index contributed by atoms with van der Waals surface area (Å²) in [6.45, 7) is 2.47. The molecule has 6 N–H and O–H groups in total. The normalized spacial score (nSPS) is 20.3. The van der Waals surface area contributed by atoms with Gasteiger partial charge in [0.05, 0.1) is 24.1 Å². The molecule has 0 saturated carbocycles. The van der Waals surface area contributed by atoms with Crippen molar-refractivity contribution < 1.29 is 14.3 Å². The standard InChI is InChI=1S/C19H30N6O3/c1-13(17(28-2)16-9-6-10-25(16)12-26)19(27)22-15(18(20)23-24-21)11-14-7-4-3-5-8-14/h3-5,7-8,12-13,15-17,24H,6,9-11,21H2,1-2H3,(H2,20,23)(H,22,27). The highest BCUT2D eigenvalue weighted by Gasteiger charge is 2.37. The Balaban J connectivity index is 2.12. The lowest BCUT2D eigenvalue weighted by Gasteiger charge is -2.32. The van der Waals surface area contributed by atoms with Crippen LogP contribution in [0.2, 0.25) is 0 Å². The minimum absolute atomic E-state index is 0.118. The number of amidine groups is 1. The molecule has 1 saturated heterocycles. The summed E-state index contributed by atoms with van der Waals surface area (Å²) in [7, 11) is 1.56. The second-order valence-corrected chi connectivity index (χ2v) is 6.96. The summed E-state index contributed by atoms with van der Waals surface area (Å²) in [6, 6.07) is 9.00. The summed E-state index contributed by atoms with van der Waals surface area (Å²) in [5.41, 5.74) is 9.18. The number of nitrogens with zero attached hydrogens (tertiary/aromatic N) is 2. The predicted molar refractivity (Wildman–Crippen MR) is 107 cm³/mol. The summed E-state index contributed by atoms with van der Waals surface area (Å²) in [6.07, 6.45) is 2.59. The molecular weight excluding hydrogens is 360 g/mol. The minimum Gasteiger partial charge on any atom is -0.384 e. The van der Waals surface area contributed by atoms with Crippen LogP contribution in [0.3, 0.4) is 0 Å². The van der Waals surface area contributed by atoms with Crippen molar-refractivity contribution in [2.45, 2.75) is 44.4 Å². The molecule has 0 aliphatic carbocycles. The molecule has 1 fully saturated rings. The fourth-order valence-corrected chi connectivity index (χ4v) is 3.68. The van der Waals surface area contributed by atoms with E-state index in [4.69, 9.17) is 16.3 Å². The van der Waals surface area contributed by atoms with Crippen LogP contribution in [0.4, 0.5) is 0 Å². The lowest BCUT2D eigenvalue weighted by atomic mass is 9.94. The Kier molecular flexibility index (Phi) is 8.21. The quantitative estimate of drug-likeness (QED) is 0.143. The molecular formula is C19H30N6O3. The molecule has 0 spiro atoms. The van der Waals surface area contributed by atoms with E-state index in [2.05, 4.69) is 16.0 Å². The Morgan fingerprint density at radius 1 is 1.43 bits per heavy atom. The number of rotatable bonds is 10. The molecule has 9 heteroatoms. The second-order valence-electron chi connectivity index (χ2n) is 6.96. The highest BCUT2D eigenvalue weighted by atomic mass is 16.5. The van der Waals surface area contributed by atoms with E-state index in [0.717, 1.165) is 24.8 Å². The van der Waals surface area contributed by atoms with E-state index in [-0.39, 0.29) is 17.8 Å². The van der Waals surface area contributed by atoms with Crippen LogP contribution >= 0.6 is 0 Å². The largest absolute Gasteiger partial charge is 0.384 e. The first kappa shape index (κ1) is 21.6. The van der Waals surface area contributed by atoms with Gasteiger partial charge in [0.15, 0.2) is 0 Å². The second kappa shape index (κ2) is 10.6. The van der Waals surface area contributed by atoms with Crippen molar-refractivity contribution in [2.75, 3.05) is 13.7 Å². The Labute approximate surface area is 165 Å². The van der Waals surface area contributed by atoms with Gasteiger partial charge in [-0.25, -0.2) is 11.4 Å². The lowest BCUT2D eigenvalue weighted by molar-refractivity contribution is -0.133. The Morgan fingerprint density at radius 2 is 2.14 bits per heavy atom. The number of nitrogens with one attached hydrogen (secondary N) is 2. The number of hydrogen-bond donors (Lipinski definition) is 4. The maximum absolute atomic E-state index is 12.9. The molecule has 4 unspecified atom stereocenters. The summed E-state index contributed by atoms with van der Waals surface area (Å²) in [4.78, 5) is 25.9. The van der Waals surface area contributed by atoms with Crippen molar-refractivity contribution in [3.8, 4) is 0 Å². The highest BCUT2D eigenvalue weighted by Crippen LogP contribution is 2.25. The first-order chi connectivity index (χ1) is 13.5. The Bertz CT molecular complexity index is 669. The number of benzene rings is 1. The monoisotopic (exact) mass is 390 g/mol. The molecule has 0 radical (unpaired) electrons. The maximum Gasteiger partial charge on any atom is 0.226 e. The number of nitrogens with two attached hydrogens (primary N) is 2. The first-order valence-electron chi connectivity index (χ1n) is 9.38. The van der Waals surface area contributed by atoms with Crippen LogP contribution in [0.1, 0.15) is 25.3 Å². The molecule has 1 aromatic carbocycles. The topological polar surface area (TPSA) is 135 Å². The van der Waals surface area contributed by atoms with E-state index >= 15 is 0 Å². The smallest absolute Gasteiger partial charge is 0.226 e. The van der Waals surface area contributed by atoms with Gasteiger partial charge >= 0.3 is 0 Å². The Hall–Kier alpha value is -2.65. The van der Waals surface area contributed by atoms with Crippen molar-refractivity contribution in [1.29, 1.82) is 0 Å². The van der Waals surface area contributed by atoms with Crippen molar-refractivity contribution in [2.24, 2.45) is 22.6 Å². The fourth-order valence-electron chi connectivity index (χ4n) is 3.68. The Morgan fingerprint density at radius 3 is 2.75 bits per heavy atom. The lowest BCUT2D eigenvalue weighted by Crippen LogP contribution is -2.52. The molecule has 1 heterocycles. The van der Waals surface area contributed by atoms with Gasteiger partial charge in [0, 0.05) is 13.7 Å². The number of carbonyl (C=O) groups is 2. The molecule has 1 aromatic rings. The van der Waals surface area contributed by atoms with Gasteiger partial charge in [0.1, 0.15) is 5.84 Å². The molecule has 154 valence electrons. The number of likely N-dealkylation sites (tertiary alicyclic amines) is 1. The third-order valence-electron chi connectivity index (χ3n) is 5.19. The minimum atomic E-state index is -0.531. The van der Waals surface area contributed by atoms with E-state index in [1.54, 1.807) is 18.9 Å². The number of methoxy groups -OCH3 is 1. The first-order valence-corrected chi connectivity index (χ1v) is 9.38. The summed E-state index contributed by atoms with van der Waals surface area (Å²) < 4.78 is 5.60. The molecule has 4 atom stereocenters. The SMILES string of the molecule is COC(C(C)C(=O)NC(Cc1ccccc1)/C(N)=N/NN)C1CCCN1C=O. The van der Waals surface area contributed by atoms with Crippen LogP contribution in [0.5, 0.6) is 0 Å². The van der Waals surface area contributed by atoms with Gasteiger partial charge in [-0.05, 0) is 24.8 Å². The van der Waals surface area contributed by atoms with E-state index in [9.17, 15) is 9.59 Å². The molecule has 0 aromatic heterocycles. The molecule has 28 heavy (non-hydrogen) atoms. The van der Waals surface area contributed by atoms with Crippen LogP contribution in [0, 0.1) is 5.92 Å². The van der Waals surface area contributed by atoms with E-state index < -0.39 is 18.1 Å². The molecule has 0 bridgehead atoms.